The highest BCUT2D eigenvalue weighted by atomic mass is 16.2. The smallest absolute Gasteiger partial charge is 0.234 e. The van der Waals surface area contributed by atoms with Gasteiger partial charge in [-0.15, -0.1) is 0 Å². The van der Waals surface area contributed by atoms with E-state index in [1.54, 1.807) is 6.20 Å². The monoisotopic (exact) mass is 302 g/mol. The van der Waals surface area contributed by atoms with Gasteiger partial charge >= 0.3 is 0 Å². The number of pyridine rings is 1. The minimum Gasteiger partial charge on any atom is -0.352 e. The third-order valence-corrected chi connectivity index (χ3v) is 4.74. The van der Waals surface area contributed by atoms with E-state index in [4.69, 9.17) is 0 Å². The molecule has 5 heteroatoms. The second-order valence-electron chi connectivity index (χ2n) is 6.38. The van der Waals surface area contributed by atoms with Crippen LogP contribution in [0.2, 0.25) is 0 Å². The molecule has 1 unspecified atom stereocenters. The lowest BCUT2D eigenvalue weighted by Gasteiger charge is -2.36. The highest BCUT2D eigenvalue weighted by molar-refractivity contribution is 5.78. The molecule has 22 heavy (non-hydrogen) atoms. The average molecular weight is 302 g/mol. The molecule has 1 aliphatic heterocycles. The Balaban J connectivity index is 1.58. The first-order valence-corrected chi connectivity index (χ1v) is 8.47. The molecule has 5 nitrogen and oxygen atoms in total. The summed E-state index contributed by atoms with van der Waals surface area (Å²) in [6.07, 6.45) is 9.78. The van der Waals surface area contributed by atoms with Gasteiger partial charge in [-0.05, 0) is 24.5 Å². The van der Waals surface area contributed by atoms with Crippen molar-refractivity contribution in [2.75, 3.05) is 26.2 Å². The summed E-state index contributed by atoms with van der Waals surface area (Å²) >= 11 is 0. The zero-order valence-electron chi connectivity index (χ0n) is 13.1. The fourth-order valence-electron chi connectivity index (χ4n) is 3.54. The molecule has 2 N–H and O–H groups in total. The van der Waals surface area contributed by atoms with E-state index < -0.39 is 0 Å². The van der Waals surface area contributed by atoms with E-state index in [0.717, 1.165) is 32.5 Å². The van der Waals surface area contributed by atoms with Gasteiger partial charge in [-0.3, -0.25) is 14.7 Å². The van der Waals surface area contributed by atoms with Crippen molar-refractivity contribution < 1.29 is 4.79 Å². The van der Waals surface area contributed by atoms with Gasteiger partial charge < -0.3 is 10.6 Å². The standard InChI is InChI=1S/C17H26N4O/c22-17(20-15-6-2-1-3-7-15)13-21-10-9-19-12-16(21)14-5-4-8-18-11-14/h4-5,8,11,15-16,19H,1-3,6-7,9-10,12-13H2,(H,20,22). The summed E-state index contributed by atoms with van der Waals surface area (Å²) in [5, 5.41) is 6.64. The second kappa shape index (κ2) is 7.70. The van der Waals surface area contributed by atoms with Crippen LogP contribution in [-0.2, 0) is 4.79 Å². The minimum atomic E-state index is 0.169. The molecule has 2 aliphatic rings. The van der Waals surface area contributed by atoms with Crippen LogP contribution in [0.15, 0.2) is 24.5 Å². The topological polar surface area (TPSA) is 57.3 Å². The first-order chi connectivity index (χ1) is 10.8. The van der Waals surface area contributed by atoms with Crippen molar-refractivity contribution in [3.05, 3.63) is 30.1 Å². The zero-order valence-corrected chi connectivity index (χ0v) is 13.1. The van der Waals surface area contributed by atoms with Gasteiger partial charge in [0.1, 0.15) is 0 Å². The molecule has 1 saturated heterocycles. The molecular weight excluding hydrogens is 276 g/mol. The van der Waals surface area contributed by atoms with E-state index >= 15 is 0 Å². The van der Waals surface area contributed by atoms with Gasteiger partial charge in [0.2, 0.25) is 5.91 Å². The van der Waals surface area contributed by atoms with Crippen molar-refractivity contribution in [2.45, 2.75) is 44.2 Å². The van der Waals surface area contributed by atoms with E-state index in [1.807, 2.05) is 12.3 Å². The molecule has 1 saturated carbocycles. The van der Waals surface area contributed by atoms with E-state index in [-0.39, 0.29) is 11.9 Å². The van der Waals surface area contributed by atoms with Crippen LogP contribution < -0.4 is 10.6 Å². The molecule has 0 aromatic carbocycles. The lowest BCUT2D eigenvalue weighted by molar-refractivity contribution is -0.124. The summed E-state index contributed by atoms with van der Waals surface area (Å²) in [6, 6.07) is 4.68. The van der Waals surface area contributed by atoms with E-state index in [2.05, 4.69) is 26.6 Å². The van der Waals surface area contributed by atoms with Crippen LogP contribution in [0.3, 0.4) is 0 Å². The van der Waals surface area contributed by atoms with Gasteiger partial charge in [0.25, 0.3) is 0 Å². The number of nitrogens with one attached hydrogen (secondary N) is 2. The summed E-state index contributed by atoms with van der Waals surface area (Å²) in [6.45, 7) is 3.20. The molecular formula is C17H26N4O. The minimum absolute atomic E-state index is 0.169. The molecule has 1 amide bonds. The Hall–Kier alpha value is -1.46. The molecule has 1 aromatic rings. The summed E-state index contributed by atoms with van der Waals surface area (Å²) in [5.74, 6) is 0.169. The normalized spacial score (nSPS) is 24.1. The average Bonchev–Trinajstić information content (AvgIpc) is 2.57. The Morgan fingerprint density at radius 1 is 1.36 bits per heavy atom. The maximum atomic E-state index is 12.4. The van der Waals surface area contributed by atoms with Gasteiger partial charge in [0.05, 0.1) is 6.54 Å². The van der Waals surface area contributed by atoms with Gasteiger partial charge in [0, 0.05) is 44.1 Å². The number of rotatable bonds is 4. The molecule has 0 radical (unpaired) electrons. The molecule has 1 aromatic heterocycles. The van der Waals surface area contributed by atoms with Gasteiger partial charge in [-0.1, -0.05) is 25.3 Å². The molecule has 0 bridgehead atoms. The fourth-order valence-corrected chi connectivity index (χ4v) is 3.54. The molecule has 0 spiro atoms. The highest BCUT2D eigenvalue weighted by Crippen LogP contribution is 2.21. The fraction of sp³-hybridized carbons (Fsp3) is 0.647. The van der Waals surface area contributed by atoms with Gasteiger partial charge in [-0.25, -0.2) is 0 Å². The van der Waals surface area contributed by atoms with E-state index in [1.165, 1.54) is 24.8 Å². The number of aromatic nitrogens is 1. The SMILES string of the molecule is O=C(CN1CCNCC1c1cccnc1)NC1CCCCC1. The summed E-state index contributed by atoms with van der Waals surface area (Å²) in [7, 11) is 0. The maximum Gasteiger partial charge on any atom is 0.234 e. The Kier molecular flexibility index (Phi) is 5.40. The number of nitrogens with zero attached hydrogens (tertiary/aromatic N) is 2. The Morgan fingerprint density at radius 2 is 2.23 bits per heavy atom. The third-order valence-electron chi connectivity index (χ3n) is 4.74. The number of carbonyl (C=O) groups excluding carboxylic acids is 1. The van der Waals surface area contributed by atoms with Crippen LogP contribution in [0.4, 0.5) is 0 Å². The number of amides is 1. The third kappa shape index (κ3) is 4.05. The Morgan fingerprint density at radius 3 is 3.00 bits per heavy atom. The highest BCUT2D eigenvalue weighted by Gasteiger charge is 2.26. The lowest BCUT2D eigenvalue weighted by Crippen LogP contribution is -2.50. The molecule has 1 aliphatic carbocycles. The van der Waals surface area contributed by atoms with Crippen LogP contribution in [0.5, 0.6) is 0 Å². The molecule has 2 heterocycles. The van der Waals surface area contributed by atoms with Crippen molar-refractivity contribution in [1.29, 1.82) is 0 Å². The first-order valence-electron chi connectivity index (χ1n) is 8.47. The maximum absolute atomic E-state index is 12.4. The van der Waals surface area contributed by atoms with E-state index in [0.29, 0.717) is 12.6 Å². The molecule has 120 valence electrons. The lowest BCUT2D eigenvalue weighted by atomic mass is 9.95. The molecule has 2 fully saturated rings. The largest absolute Gasteiger partial charge is 0.352 e. The van der Waals surface area contributed by atoms with Crippen molar-refractivity contribution >= 4 is 5.91 Å². The van der Waals surface area contributed by atoms with Crippen LogP contribution in [-0.4, -0.2) is 48.0 Å². The van der Waals surface area contributed by atoms with Crippen LogP contribution >= 0.6 is 0 Å². The molecule has 1 atom stereocenters. The van der Waals surface area contributed by atoms with Crippen molar-refractivity contribution in [3.8, 4) is 0 Å². The van der Waals surface area contributed by atoms with Crippen LogP contribution in [0.25, 0.3) is 0 Å². The van der Waals surface area contributed by atoms with Crippen LogP contribution in [0, 0.1) is 0 Å². The molecule has 3 rings (SSSR count). The Bertz CT molecular complexity index is 473. The zero-order chi connectivity index (χ0) is 15.2. The summed E-state index contributed by atoms with van der Waals surface area (Å²) < 4.78 is 0. The number of piperazine rings is 1. The second-order valence-corrected chi connectivity index (χ2v) is 6.38. The number of carbonyl (C=O) groups is 1. The van der Waals surface area contributed by atoms with Crippen molar-refractivity contribution in [3.63, 3.8) is 0 Å². The van der Waals surface area contributed by atoms with Crippen LogP contribution in [0.1, 0.15) is 43.7 Å². The predicted octanol–water partition coefficient (Wildman–Crippen LogP) is 1.48. The quantitative estimate of drug-likeness (QED) is 0.884. The number of hydrogen-bond acceptors (Lipinski definition) is 4. The summed E-state index contributed by atoms with van der Waals surface area (Å²) in [5.41, 5.74) is 1.18. The van der Waals surface area contributed by atoms with Crippen molar-refractivity contribution in [1.82, 2.24) is 20.5 Å². The van der Waals surface area contributed by atoms with Gasteiger partial charge in [0.15, 0.2) is 0 Å². The summed E-state index contributed by atoms with van der Waals surface area (Å²) in [4.78, 5) is 18.8. The van der Waals surface area contributed by atoms with E-state index in [9.17, 15) is 4.79 Å². The van der Waals surface area contributed by atoms with Gasteiger partial charge in [-0.2, -0.15) is 0 Å². The van der Waals surface area contributed by atoms with Crippen molar-refractivity contribution in [2.24, 2.45) is 0 Å². The Labute approximate surface area is 132 Å². The number of hydrogen-bond donors (Lipinski definition) is 2. The first kappa shape index (κ1) is 15.4. The predicted molar refractivity (Wildman–Crippen MR) is 86.4 cm³/mol.